The predicted molar refractivity (Wildman–Crippen MR) is 118 cm³/mol. The summed E-state index contributed by atoms with van der Waals surface area (Å²) in [6, 6.07) is 8.54. The van der Waals surface area contributed by atoms with Crippen LogP contribution in [0.5, 0.6) is 11.5 Å². The summed E-state index contributed by atoms with van der Waals surface area (Å²) in [6.45, 7) is 0.688. The third-order valence-electron chi connectivity index (χ3n) is 4.62. The van der Waals surface area contributed by atoms with E-state index in [9.17, 15) is 18.5 Å². The van der Waals surface area contributed by atoms with Gasteiger partial charge in [-0.05, 0) is 18.2 Å². The molecule has 0 N–H and O–H groups in total. The summed E-state index contributed by atoms with van der Waals surface area (Å²) in [5.41, 5.74) is 0.146. The van der Waals surface area contributed by atoms with E-state index in [4.69, 9.17) is 9.47 Å². The van der Waals surface area contributed by atoms with Gasteiger partial charge in [0.1, 0.15) is 19.6 Å². The van der Waals surface area contributed by atoms with Gasteiger partial charge in [-0.3, -0.25) is 10.1 Å². The molecule has 0 amide bonds. The molecule has 32 heavy (non-hydrogen) atoms. The average molecular weight is 457 g/mol. The van der Waals surface area contributed by atoms with E-state index < -0.39 is 14.9 Å². The molecule has 12 heteroatoms. The summed E-state index contributed by atoms with van der Waals surface area (Å²) in [7, 11) is -0.595. The van der Waals surface area contributed by atoms with E-state index in [1.54, 1.807) is 19.0 Å². The number of benzene rings is 2. The van der Waals surface area contributed by atoms with Gasteiger partial charge in [-0.2, -0.15) is 5.10 Å². The van der Waals surface area contributed by atoms with Crippen LogP contribution in [0, 0.1) is 10.1 Å². The molecule has 2 aromatic carbocycles. The maximum atomic E-state index is 13.5. The zero-order valence-electron chi connectivity index (χ0n) is 17.2. The molecule has 0 aliphatic carbocycles. The second-order valence-corrected chi connectivity index (χ2v) is 8.87. The maximum absolute atomic E-state index is 13.5. The number of rotatable bonds is 6. The molecule has 1 aliphatic heterocycles. The molecule has 0 saturated heterocycles. The van der Waals surface area contributed by atoms with Crippen LogP contribution in [0.15, 0.2) is 57.7 Å². The SMILES string of the molecule is CN(C)/C=N/N=C/c1cn(S(=O)(=O)c2ccc3c(c2)OCCO3)c2cccc([N+](=O)[O-])c12. The van der Waals surface area contributed by atoms with Crippen LogP contribution in [0.1, 0.15) is 5.56 Å². The Morgan fingerprint density at radius 1 is 1.12 bits per heavy atom. The molecule has 2 heterocycles. The largest absolute Gasteiger partial charge is 0.486 e. The Bertz CT molecular complexity index is 1360. The van der Waals surface area contributed by atoms with E-state index in [1.807, 2.05) is 0 Å². The Hall–Kier alpha value is -3.93. The molecule has 0 saturated carbocycles. The van der Waals surface area contributed by atoms with Gasteiger partial charge in [0.05, 0.1) is 26.9 Å². The zero-order chi connectivity index (χ0) is 22.9. The number of nitrogens with zero attached hydrogens (tertiary/aromatic N) is 5. The molecule has 11 nitrogen and oxygen atoms in total. The van der Waals surface area contributed by atoms with Crippen LogP contribution >= 0.6 is 0 Å². The first-order valence-corrected chi connectivity index (χ1v) is 10.9. The number of non-ortho nitro benzene ring substituents is 1. The first-order valence-electron chi connectivity index (χ1n) is 9.45. The van der Waals surface area contributed by atoms with Crippen LogP contribution in [0.2, 0.25) is 0 Å². The third kappa shape index (κ3) is 3.87. The van der Waals surface area contributed by atoms with Crippen molar-refractivity contribution in [2.45, 2.75) is 4.90 Å². The second-order valence-electron chi connectivity index (χ2n) is 7.06. The fourth-order valence-corrected chi connectivity index (χ4v) is 4.63. The van der Waals surface area contributed by atoms with Crippen molar-refractivity contribution in [2.24, 2.45) is 10.2 Å². The van der Waals surface area contributed by atoms with Gasteiger partial charge >= 0.3 is 0 Å². The average Bonchev–Trinajstić information content (AvgIpc) is 3.15. The van der Waals surface area contributed by atoms with Crippen molar-refractivity contribution in [3.63, 3.8) is 0 Å². The van der Waals surface area contributed by atoms with E-state index in [0.29, 0.717) is 24.7 Å². The number of fused-ring (bicyclic) bond motifs is 2. The van der Waals surface area contributed by atoms with Gasteiger partial charge in [-0.15, -0.1) is 5.10 Å². The number of nitro groups is 1. The number of ether oxygens (including phenoxy) is 2. The highest BCUT2D eigenvalue weighted by Crippen LogP contribution is 2.35. The van der Waals surface area contributed by atoms with E-state index in [1.165, 1.54) is 55.1 Å². The zero-order valence-corrected chi connectivity index (χ0v) is 18.0. The van der Waals surface area contributed by atoms with Crippen LogP contribution < -0.4 is 9.47 Å². The Balaban J connectivity index is 1.89. The second kappa shape index (κ2) is 8.30. The first kappa shape index (κ1) is 21.3. The van der Waals surface area contributed by atoms with Crippen molar-refractivity contribution in [3.05, 3.63) is 58.3 Å². The molecule has 0 fully saturated rings. The van der Waals surface area contributed by atoms with Crippen molar-refractivity contribution >= 4 is 39.2 Å². The minimum absolute atomic E-state index is 0.0423. The minimum atomic E-state index is -4.11. The summed E-state index contributed by atoms with van der Waals surface area (Å²) >= 11 is 0. The van der Waals surface area contributed by atoms with Gasteiger partial charge in [-0.1, -0.05) is 6.07 Å². The van der Waals surface area contributed by atoms with Crippen LogP contribution in [0.4, 0.5) is 5.69 Å². The summed E-state index contributed by atoms with van der Waals surface area (Å²) < 4.78 is 38.9. The summed E-state index contributed by atoms with van der Waals surface area (Å²) in [4.78, 5) is 12.7. The topological polar surface area (TPSA) is 129 Å². The van der Waals surface area contributed by atoms with Crippen molar-refractivity contribution in [1.29, 1.82) is 0 Å². The highest BCUT2D eigenvalue weighted by molar-refractivity contribution is 7.90. The normalized spacial score (nSPS) is 13.8. The quantitative estimate of drug-likeness (QED) is 0.241. The molecule has 166 valence electrons. The first-order chi connectivity index (χ1) is 15.3. The van der Waals surface area contributed by atoms with Crippen LogP contribution in [0.25, 0.3) is 10.9 Å². The Labute approximate surface area is 183 Å². The summed E-state index contributed by atoms with van der Waals surface area (Å²) in [6.07, 6.45) is 4.01. The van der Waals surface area contributed by atoms with E-state index in [0.717, 1.165) is 3.97 Å². The molecule has 0 unspecified atom stereocenters. The highest BCUT2D eigenvalue weighted by Gasteiger charge is 2.27. The Kier molecular flexibility index (Phi) is 5.53. The molecule has 0 radical (unpaired) electrons. The maximum Gasteiger partial charge on any atom is 0.279 e. The lowest BCUT2D eigenvalue weighted by atomic mass is 10.1. The Morgan fingerprint density at radius 3 is 2.59 bits per heavy atom. The number of hydrogen-bond donors (Lipinski definition) is 0. The molecule has 3 aromatic rings. The van der Waals surface area contributed by atoms with E-state index >= 15 is 0 Å². The van der Waals surface area contributed by atoms with Gasteiger partial charge in [0.2, 0.25) is 0 Å². The van der Waals surface area contributed by atoms with Crippen LogP contribution in [-0.4, -0.2) is 62.1 Å². The Morgan fingerprint density at radius 2 is 1.88 bits per heavy atom. The lowest BCUT2D eigenvalue weighted by Crippen LogP contribution is -2.17. The fraction of sp³-hybridized carbons (Fsp3) is 0.200. The highest BCUT2D eigenvalue weighted by atomic mass is 32.2. The molecule has 1 aromatic heterocycles. The van der Waals surface area contributed by atoms with E-state index in [2.05, 4.69) is 10.2 Å². The van der Waals surface area contributed by atoms with Crippen LogP contribution in [-0.2, 0) is 10.0 Å². The molecule has 0 spiro atoms. The summed E-state index contributed by atoms with van der Waals surface area (Å²) in [5.74, 6) is 0.773. The van der Waals surface area contributed by atoms with Crippen molar-refractivity contribution in [1.82, 2.24) is 8.87 Å². The molecule has 4 rings (SSSR count). The monoisotopic (exact) mass is 457 g/mol. The molecule has 1 aliphatic rings. The van der Waals surface area contributed by atoms with Crippen LogP contribution in [0.3, 0.4) is 0 Å². The van der Waals surface area contributed by atoms with Crippen molar-refractivity contribution < 1.29 is 22.8 Å². The number of hydrogen-bond acceptors (Lipinski definition) is 8. The third-order valence-corrected chi connectivity index (χ3v) is 6.29. The number of aromatic nitrogens is 1. The van der Waals surface area contributed by atoms with Gasteiger partial charge in [0, 0.05) is 38.0 Å². The van der Waals surface area contributed by atoms with Crippen molar-refractivity contribution in [2.75, 3.05) is 27.3 Å². The number of nitro benzene ring substituents is 1. The van der Waals surface area contributed by atoms with Gasteiger partial charge < -0.3 is 14.4 Å². The van der Waals surface area contributed by atoms with Gasteiger partial charge in [0.25, 0.3) is 15.7 Å². The standard InChI is InChI=1S/C20H19N5O6S/c1-23(2)13-22-21-11-14-12-24(16-4-3-5-17(20(14)16)25(26)27)32(28,29)15-6-7-18-19(10-15)31-9-8-30-18/h3-7,10-13H,8-9H2,1-2H3/b21-11+,22-13+. The fourth-order valence-electron chi connectivity index (χ4n) is 3.24. The summed E-state index contributed by atoms with van der Waals surface area (Å²) in [5, 5.41) is 19.5. The van der Waals surface area contributed by atoms with Crippen molar-refractivity contribution in [3.8, 4) is 11.5 Å². The molecular formula is C20H19N5O6S. The minimum Gasteiger partial charge on any atom is -0.486 e. The van der Waals surface area contributed by atoms with Gasteiger partial charge in [0.15, 0.2) is 11.5 Å². The lowest BCUT2D eigenvalue weighted by Gasteiger charge is -2.19. The lowest BCUT2D eigenvalue weighted by molar-refractivity contribution is -0.383. The van der Waals surface area contributed by atoms with E-state index in [-0.39, 0.29) is 27.0 Å². The smallest absolute Gasteiger partial charge is 0.279 e. The molecular weight excluding hydrogens is 438 g/mol. The molecule has 0 bridgehead atoms. The predicted octanol–water partition coefficient (Wildman–Crippen LogP) is 2.48. The molecule has 0 atom stereocenters. The van der Waals surface area contributed by atoms with Gasteiger partial charge in [-0.25, -0.2) is 12.4 Å².